The average molecular weight is 329 g/mol. The molecule has 0 aliphatic carbocycles. The molecule has 0 aliphatic rings. The minimum Gasteiger partial charge on any atom is -0.437 e. The highest BCUT2D eigenvalue weighted by Gasteiger charge is 2.06. The molecule has 0 spiro atoms. The van der Waals surface area contributed by atoms with Gasteiger partial charge in [-0.3, -0.25) is 0 Å². The summed E-state index contributed by atoms with van der Waals surface area (Å²) >= 11 is 9.39. The van der Waals surface area contributed by atoms with Crippen molar-refractivity contribution in [3.63, 3.8) is 0 Å². The van der Waals surface area contributed by atoms with E-state index < -0.39 is 0 Å². The summed E-state index contributed by atoms with van der Waals surface area (Å²) in [7, 11) is 0. The van der Waals surface area contributed by atoms with Crippen LogP contribution in [0.4, 0.5) is 0 Å². The van der Waals surface area contributed by atoms with E-state index in [9.17, 15) is 0 Å². The first-order valence-electron chi connectivity index (χ1n) is 5.30. The molecule has 0 saturated carbocycles. The van der Waals surface area contributed by atoms with Crippen LogP contribution in [0.25, 0.3) is 0 Å². The average Bonchev–Trinajstić information content (AvgIpc) is 2.33. The Morgan fingerprint density at radius 3 is 2.83 bits per heavy atom. The molecule has 0 unspecified atom stereocenters. The molecule has 0 fully saturated rings. The third-order valence-electron chi connectivity index (χ3n) is 2.28. The Morgan fingerprint density at radius 2 is 2.11 bits per heavy atom. The molecule has 1 aromatic heterocycles. The van der Waals surface area contributed by atoms with Gasteiger partial charge >= 0.3 is 0 Å². The topological polar surface area (TPSA) is 42.4 Å². The van der Waals surface area contributed by atoms with Gasteiger partial charge in [-0.05, 0) is 36.8 Å². The molecule has 18 heavy (non-hydrogen) atoms. The fourth-order valence-electron chi connectivity index (χ4n) is 1.52. The molecule has 1 heterocycles. The van der Waals surface area contributed by atoms with E-state index in [1.54, 1.807) is 24.3 Å². The van der Waals surface area contributed by atoms with Crippen LogP contribution in [0.15, 0.2) is 34.8 Å². The Balaban J connectivity index is 2.33. The van der Waals surface area contributed by atoms with Crippen molar-refractivity contribution in [3.8, 4) is 11.6 Å². The minimum atomic E-state index is -0.0497. The lowest BCUT2D eigenvalue weighted by molar-refractivity contribution is 0.281. The van der Waals surface area contributed by atoms with Crippen LogP contribution in [0.3, 0.4) is 0 Å². The Bertz CT molecular complexity index is 575. The van der Waals surface area contributed by atoms with E-state index in [-0.39, 0.29) is 6.61 Å². The van der Waals surface area contributed by atoms with E-state index in [0.717, 1.165) is 15.7 Å². The first kappa shape index (κ1) is 13.3. The molecule has 0 radical (unpaired) electrons. The minimum absolute atomic E-state index is 0.0497. The van der Waals surface area contributed by atoms with Gasteiger partial charge in [0, 0.05) is 16.2 Å². The molecule has 0 bridgehead atoms. The Morgan fingerprint density at radius 1 is 1.33 bits per heavy atom. The van der Waals surface area contributed by atoms with Gasteiger partial charge in [0.1, 0.15) is 5.75 Å². The van der Waals surface area contributed by atoms with Gasteiger partial charge < -0.3 is 9.84 Å². The number of aliphatic hydroxyl groups is 1. The number of halogens is 2. The number of aryl methyl sites for hydroxylation is 1. The molecule has 3 nitrogen and oxygen atoms in total. The van der Waals surface area contributed by atoms with Crippen molar-refractivity contribution in [1.82, 2.24) is 4.98 Å². The largest absolute Gasteiger partial charge is 0.437 e. The summed E-state index contributed by atoms with van der Waals surface area (Å²) in [5, 5.41) is 9.64. The summed E-state index contributed by atoms with van der Waals surface area (Å²) in [4.78, 5) is 4.24. The summed E-state index contributed by atoms with van der Waals surface area (Å²) in [5.41, 5.74) is 1.53. The lowest BCUT2D eigenvalue weighted by Crippen LogP contribution is -1.94. The predicted molar refractivity (Wildman–Crippen MR) is 74.1 cm³/mol. The Hall–Kier alpha value is -1.10. The molecular formula is C13H11BrClNO2. The Labute approximate surface area is 119 Å². The van der Waals surface area contributed by atoms with Crippen LogP contribution in [0.5, 0.6) is 11.6 Å². The molecule has 2 rings (SSSR count). The van der Waals surface area contributed by atoms with Crippen LogP contribution >= 0.6 is 27.5 Å². The van der Waals surface area contributed by atoms with Crippen molar-refractivity contribution in [1.29, 1.82) is 0 Å². The summed E-state index contributed by atoms with van der Waals surface area (Å²) in [6, 6.07) is 8.83. The zero-order chi connectivity index (χ0) is 13.1. The zero-order valence-electron chi connectivity index (χ0n) is 9.65. The summed E-state index contributed by atoms with van der Waals surface area (Å²) in [5.74, 6) is 0.937. The molecule has 1 N–H and O–H groups in total. The first-order chi connectivity index (χ1) is 8.58. The maximum atomic E-state index is 9.13. The highest BCUT2D eigenvalue weighted by Crippen LogP contribution is 2.31. The monoisotopic (exact) mass is 327 g/mol. The lowest BCUT2D eigenvalue weighted by Gasteiger charge is -2.09. The maximum Gasteiger partial charge on any atom is 0.219 e. The van der Waals surface area contributed by atoms with Crippen molar-refractivity contribution < 1.29 is 9.84 Å². The smallest absolute Gasteiger partial charge is 0.219 e. The molecule has 0 atom stereocenters. The van der Waals surface area contributed by atoms with Gasteiger partial charge in [0.2, 0.25) is 5.88 Å². The highest BCUT2D eigenvalue weighted by molar-refractivity contribution is 9.10. The van der Waals surface area contributed by atoms with Crippen LogP contribution in [0.1, 0.15) is 11.3 Å². The number of aromatic nitrogens is 1. The molecule has 5 heteroatoms. The number of ether oxygens (including phenoxy) is 1. The second-order valence-electron chi connectivity index (χ2n) is 3.79. The van der Waals surface area contributed by atoms with Crippen LogP contribution in [0.2, 0.25) is 5.02 Å². The summed E-state index contributed by atoms with van der Waals surface area (Å²) in [6.45, 7) is 1.79. The second-order valence-corrected chi connectivity index (χ2v) is 5.11. The Kier molecular flexibility index (Phi) is 4.22. The molecule has 0 aliphatic heterocycles. The normalized spacial score (nSPS) is 10.4. The van der Waals surface area contributed by atoms with Crippen molar-refractivity contribution in [2.24, 2.45) is 0 Å². The van der Waals surface area contributed by atoms with Crippen molar-refractivity contribution in [3.05, 3.63) is 51.1 Å². The summed E-state index contributed by atoms with van der Waals surface area (Å²) in [6.07, 6.45) is 0. The van der Waals surface area contributed by atoms with E-state index in [1.165, 1.54) is 0 Å². The molecule has 1 aromatic carbocycles. The SMILES string of the molecule is Cc1cc(CO)cc(Oc2cc(Br)ccc2Cl)n1. The van der Waals surface area contributed by atoms with Crippen molar-refractivity contribution >= 4 is 27.5 Å². The van der Waals surface area contributed by atoms with Crippen LogP contribution < -0.4 is 4.74 Å². The first-order valence-corrected chi connectivity index (χ1v) is 6.47. The number of rotatable bonds is 3. The van der Waals surface area contributed by atoms with Crippen molar-refractivity contribution in [2.45, 2.75) is 13.5 Å². The fourth-order valence-corrected chi connectivity index (χ4v) is 2.01. The quantitative estimate of drug-likeness (QED) is 0.922. The third-order valence-corrected chi connectivity index (χ3v) is 3.09. The third kappa shape index (κ3) is 3.22. The van der Waals surface area contributed by atoms with Gasteiger partial charge in [-0.1, -0.05) is 27.5 Å². The number of hydrogen-bond donors (Lipinski definition) is 1. The van der Waals surface area contributed by atoms with E-state index in [1.807, 2.05) is 13.0 Å². The number of pyridine rings is 1. The predicted octanol–water partition coefficient (Wildman–Crippen LogP) is 4.09. The van der Waals surface area contributed by atoms with Gasteiger partial charge in [0.05, 0.1) is 11.6 Å². The van der Waals surface area contributed by atoms with Crippen LogP contribution in [-0.2, 0) is 6.61 Å². The zero-order valence-corrected chi connectivity index (χ0v) is 12.0. The standard InChI is InChI=1S/C13H11BrClNO2/c1-8-4-9(7-17)5-13(16-8)18-12-6-10(14)2-3-11(12)15/h2-6,17H,7H2,1H3. The fraction of sp³-hybridized carbons (Fsp3) is 0.154. The van der Waals surface area contributed by atoms with Gasteiger partial charge in [0.25, 0.3) is 0 Å². The number of hydrogen-bond acceptors (Lipinski definition) is 3. The van der Waals surface area contributed by atoms with E-state index >= 15 is 0 Å². The van der Waals surface area contributed by atoms with E-state index in [0.29, 0.717) is 16.7 Å². The lowest BCUT2D eigenvalue weighted by atomic mass is 10.2. The van der Waals surface area contributed by atoms with Crippen molar-refractivity contribution in [2.75, 3.05) is 0 Å². The molecular weight excluding hydrogens is 318 g/mol. The molecule has 0 saturated heterocycles. The van der Waals surface area contributed by atoms with E-state index in [2.05, 4.69) is 20.9 Å². The maximum absolute atomic E-state index is 9.13. The summed E-state index contributed by atoms with van der Waals surface area (Å²) < 4.78 is 6.50. The van der Waals surface area contributed by atoms with Gasteiger partial charge in [-0.2, -0.15) is 0 Å². The van der Waals surface area contributed by atoms with Gasteiger partial charge in [0.15, 0.2) is 0 Å². The highest BCUT2D eigenvalue weighted by atomic mass is 79.9. The number of benzene rings is 1. The van der Waals surface area contributed by atoms with Gasteiger partial charge in [-0.15, -0.1) is 0 Å². The molecule has 94 valence electrons. The number of aliphatic hydroxyl groups excluding tert-OH is 1. The van der Waals surface area contributed by atoms with Crippen LogP contribution in [-0.4, -0.2) is 10.1 Å². The molecule has 0 amide bonds. The van der Waals surface area contributed by atoms with Crippen LogP contribution in [0, 0.1) is 6.92 Å². The van der Waals surface area contributed by atoms with E-state index in [4.69, 9.17) is 21.4 Å². The van der Waals surface area contributed by atoms with Gasteiger partial charge in [-0.25, -0.2) is 4.98 Å². The second kappa shape index (κ2) is 5.69. The number of nitrogens with zero attached hydrogens (tertiary/aromatic N) is 1. The molecule has 2 aromatic rings.